The van der Waals surface area contributed by atoms with E-state index >= 15 is 0 Å². The first-order chi connectivity index (χ1) is 10.6. The lowest BCUT2D eigenvalue weighted by molar-refractivity contribution is 0.00378. The maximum atomic E-state index is 9.62. The highest BCUT2D eigenvalue weighted by Gasteiger charge is 2.54. The van der Waals surface area contributed by atoms with Gasteiger partial charge >= 0.3 is 0 Å². The largest absolute Gasteiger partial charge is 0.396 e. The molecule has 0 aliphatic heterocycles. The van der Waals surface area contributed by atoms with Gasteiger partial charge in [-0.2, -0.15) is 0 Å². The Balaban J connectivity index is 1.78. The first kappa shape index (κ1) is 16.3. The number of ether oxygens (including phenoxy) is 1. The molecule has 0 aromatic heterocycles. The van der Waals surface area contributed by atoms with Crippen LogP contribution in [0.1, 0.15) is 46.0 Å². The fourth-order valence-corrected chi connectivity index (χ4v) is 5.85. The number of methoxy groups -OCH3 is 1. The number of aliphatic hydroxyl groups is 1. The summed E-state index contributed by atoms with van der Waals surface area (Å²) in [6.45, 7) is 5.84. The van der Waals surface area contributed by atoms with Crippen molar-refractivity contribution in [2.45, 2.75) is 46.0 Å². The number of rotatable bonds is 4. The average Bonchev–Trinajstić information content (AvgIpc) is 2.89. The summed E-state index contributed by atoms with van der Waals surface area (Å²) >= 11 is 0. The lowest BCUT2D eigenvalue weighted by Crippen LogP contribution is -2.43. The summed E-state index contributed by atoms with van der Waals surface area (Å²) in [7, 11) is 1.76. The number of aliphatic hydroxyl groups excluding tert-OH is 1. The Labute approximate surface area is 135 Å². The number of hydrogen-bond acceptors (Lipinski definition) is 2. The number of hydrogen-bond donors (Lipinski definition) is 1. The molecular weight excluding hydrogens is 272 g/mol. The van der Waals surface area contributed by atoms with Crippen molar-refractivity contribution in [2.24, 2.45) is 35.0 Å². The van der Waals surface area contributed by atoms with Crippen molar-refractivity contribution in [1.29, 1.82) is 0 Å². The van der Waals surface area contributed by atoms with E-state index in [1.165, 1.54) is 37.7 Å². The quantitative estimate of drug-likeness (QED) is 0.843. The van der Waals surface area contributed by atoms with Gasteiger partial charge in [0, 0.05) is 13.7 Å². The molecule has 4 unspecified atom stereocenters. The van der Waals surface area contributed by atoms with Gasteiger partial charge in [0.15, 0.2) is 0 Å². The summed E-state index contributed by atoms with van der Waals surface area (Å²) in [5, 5.41) is 9.62. The minimum Gasteiger partial charge on any atom is -0.396 e. The molecule has 0 aromatic carbocycles. The second-order valence-corrected chi connectivity index (χ2v) is 8.13. The van der Waals surface area contributed by atoms with Crippen LogP contribution in [0.4, 0.5) is 0 Å². The maximum absolute atomic E-state index is 9.62. The molecular formula is C20H32O2. The van der Waals surface area contributed by atoms with Gasteiger partial charge in [0.25, 0.3) is 0 Å². The highest BCUT2D eigenvalue weighted by atomic mass is 16.5. The van der Waals surface area contributed by atoms with Gasteiger partial charge in [-0.15, -0.1) is 0 Å². The number of allylic oxidation sites excluding steroid dienone is 3. The summed E-state index contributed by atoms with van der Waals surface area (Å²) in [6.07, 6.45) is 13.7. The summed E-state index contributed by atoms with van der Waals surface area (Å²) in [5.74, 6) is 3.58. The molecule has 2 fully saturated rings. The van der Waals surface area contributed by atoms with E-state index in [-0.39, 0.29) is 0 Å². The average molecular weight is 304 g/mol. The fraction of sp³-hybridized carbons (Fsp3) is 0.800. The van der Waals surface area contributed by atoms with E-state index in [0.29, 0.717) is 23.9 Å². The smallest absolute Gasteiger partial charge is 0.0649 e. The molecule has 0 radical (unpaired) electrons. The third-order valence-electron chi connectivity index (χ3n) is 7.06. The maximum Gasteiger partial charge on any atom is 0.0649 e. The van der Waals surface area contributed by atoms with Crippen molar-refractivity contribution in [3.8, 4) is 0 Å². The van der Waals surface area contributed by atoms with Gasteiger partial charge < -0.3 is 9.84 Å². The molecule has 3 rings (SSSR count). The Kier molecular flexibility index (Phi) is 4.80. The van der Waals surface area contributed by atoms with Crippen LogP contribution in [0.3, 0.4) is 0 Å². The minimum atomic E-state index is 0.348. The third-order valence-corrected chi connectivity index (χ3v) is 7.06. The second kappa shape index (κ2) is 6.49. The van der Waals surface area contributed by atoms with Crippen LogP contribution in [0.25, 0.3) is 0 Å². The summed E-state index contributed by atoms with van der Waals surface area (Å²) in [4.78, 5) is 0. The van der Waals surface area contributed by atoms with E-state index in [2.05, 4.69) is 32.1 Å². The topological polar surface area (TPSA) is 29.5 Å². The monoisotopic (exact) mass is 304 g/mol. The van der Waals surface area contributed by atoms with Crippen molar-refractivity contribution >= 4 is 0 Å². The lowest BCUT2D eigenvalue weighted by Gasteiger charge is -2.50. The molecule has 1 N–H and O–H groups in total. The molecule has 0 aromatic rings. The van der Waals surface area contributed by atoms with Crippen molar-refractivity contribution in [1.82, 2.24) is 0 Å². The Hall–Kier alpha value is -0.600. The van der Waals surface area contributed by atoms with Crippen molar-refractivity contribution in [3.63, 3.8) is 0 Å². The molecule has 3 aliphatic rings. The van der Waals surface area contributed by atoms with Crippen LogP contribution in [0.5, 0.6) is 0 Å². The summed E-state index contributed by atoms with van der Waals surface area (Å²) < 4.78 is 5.18. The minimum absolute atomic E-state index is 0.348. The Morgan fingerprint density at radius 3 is 2.95 bits per heavy atom. The molecule has 0 amide bonds. The molecule has 22 heavy (non-hydrogen) atoms. The Bertz CT molecular complexity index is 453. The Morgan fingerprint density at radius 2 is 2.23 bits per heavy atom. The van der Waals surface area contributed by atoms with E-state index in [4.69, 9.17) is 4.74 Å². The van der Waals surface area contributed by atoms with E-state index in [1.54, 1.807) is 7.11 Å². The van der Waals surface area contributed by atoms with Crippen LogP contribution in [0.15, 0.2) is 23.8 Å². The Morgan fingerprint density at radius 1 is 1.41 bits per heavy atom. The third kappa shape index (κ3) is 2.69. The van der Waals surface area contributed by atoms with Gasteiger partial charge in [-0.05, 0) is 72.7 Å². The molecule has 6 atom stereocenters. The van der Waals surface area contributed by atoms with E-state index in [1.807, 2.05) is 0 Å². The van der Waals surface area contributed by atoms with Crippen LogP contribution in [-0.4, -0.2) is 25.4 Å². The highest BCUT2D eigenvalue weighted by Crippen LogP contribution is 2.62. The first-order valence-electron chi connectivity index (χ1n) is 9.07. The standard InChI is InChI=1S/C20H32O2/c1-14(13-21)18-6-7-19-17-5-4-15(9-11-22-3)12-16(17)8-10-20(18,19)2/h4-5,9,14,16-19,21H,6-8,10-13H2,1-3H3/b15-9-/t14-,16?,17?,18?,19?,20-/m1/s1. The predicted octanol–water partition coefficient (Wildman–Crippen LogP) is 4.21. The van der Waals surface area contributed by atoms with Gasteiger partial charge in [0.05, 0.1) is 6.61 Å². The zero-order valence-corrected chi connectivity index (χ0v) is 14.4. The van der Waals surface area contributed by atoms with E-state index < -0.39 is 0 Å². The predicted molar refractivity (Wildman–Crippen MR) is 90.5 cm³/mol. The van der Waals surface area contributed by atoms with Gasteiger partial charge in [-0.1, -0.05) is 32.1 Å². The molecule has 3 aliphatic carbocycles. The van der Waals surface area contributed by atoms with Gasteiger partial charge in [-0.25, -0.2) is 0 Å². The summed E-state index contributed by atoms with van der Waals surface area (Å²) in [6, 6.07) is 0. The van der Waals surface area contributed by atoms with Crippen LogP contribution in [0, 0.1) is 35.0 Å². The van der Waals surface area contributed by atoms with Gasteiger partial charge in [-0.3, -0.25) is 0 Å². The highest BCUT2D eigenvalue weighted by molar-refractivity contribution is 5.26. The fourth-order valence-electron chi connectivity index (χ4n) is 5.85. The van der Waals surface area contributed by atoms with Gasteiger partial charge in [0.2, 0.25) is 0 Å². The van der Waals surface area contributed by atoms with E-state index in [9.17, 15) is 5.11 Å². The molecule has 0 bridgehead atoms. The normalized spacial score (nSPS) is 43.9. The summed E-state index contributed by atoms with van der Waals surface area (Å²) in [5.41, 5.74) is 1.91. The SMILES string of the molecule is COC/C=C1/C=CC2C(CC[C@@]3(C)C2CCC3[C@H](C)CO)C1. The van der Waals surface area contributed by atoms with Crippen LogP contribution >= 0.6 is 0 Å². The van der Waals surface area contributed by atoms with Crippen LogP contribution < -0.4 is 0 Å². The molecule has 0 heterocycles. The lowest BCUT2D eigenvalue weighted by atomic mass is 9.55. The van der Waals surface area contributed by atoms with Gasteiger partial charge in [0.1, 0.15) is 0 Å². The molecule has 2 heteroatoms. The van der Waals surface area contributed by atoms with Crippen molar-refractivity contribution in [2.75, 3.05) is 20.3 Å². The number of fused-ring (bicyclic) bond motifs is 3. The molecule has 124 valence electrons. The first-order valence-corrected chi connectivity index (χ1v) is 9.07. The molecule has 0 saturated heterocycles. The van der Waals surface area contributed by atoms with Crippen LogP contribution in [0.2, 0.25) is 0 Å². The van der Waals surface area contributed by atoms with Crippen LogP contribution in [-0.2, 0) is 4.74 Å². The molecule has 2 nitrogen and oxygen atoms in total. The zero-order chi connectivity index (χ0) is 15.7. The zero-order valence-electron chi connectivity index (χ0n) is 14.4. The van der Waals surface area contributed by atoms with Crippen molar-refractivity contribution < 1.29 is 9.84 Å². The second-order valence-electron chi connectivity index (χ2n) is 8.13. The van der Waals surface area contributed by atoms with Crippen molar-refractivity contribution in [3.05, 3.63) is 23.8 Å². The molecule has 2 saturated carbocycles. The van der Waals surface area contributed by atoms with E-state index in [0.717, 1.165) is 24.4 Å². The molecule has 0 spiro atoms.